The predicted octanol–water partition coefficient (Wildman–Crippen LogP) is 7.97. The van der Waals surface area contributed by atoms with Crippen molar-refractivity contribution in [2.45, 2.75) is 51.4 Å². The number of aromatic nitrogens is 4. The third-order valence-corrected chi connectivity index (χ3v) is 9.34. The molecular formula is C42H38N4O6. The summed E-state index contributed by atoms with van der Waals surface area (Å²) in [4.78, 5) is 44.1. The Balaban J connectivity index is 1.39. The average Bonchev–Trinajstić information content (AvgIpc) is 3.77. The van der Waals surface area contributed by atoms with Crippen molar-refractivity contribution in [3.63, 3.8) is 0 Å². The molecule has 0 saturated carbocycles. The molecule has 0 saturated heterocycles. The van der Waals surface area contributed by atoms with Crippen molar-refractivity contribution in [2.24, 2.45) is 0 Å². The van der Waals surface area contributed by atoms with Crippen LogP contribution in [0.5, 0.6) is 23.0 Å². The van der Waals surface area contributed by atoms with E-state index in [9.17, 15) is 30.0 Å². The number of phenols is 4. The van der Waals surface area contributed by atoms with E-state index in [1.54, 1.807) is 24.3 Å². The lowest BCUT2D eigenvalue weighted by Crippen LogP contribution is -2.15. The summed E-state index contributed by atoms with van der Waals surface area (Å²) in [6.07, 6.45) is 7.12. The molecule has 52 heavy (non-hydrogen) atoms. The van der Waals surface area contributed by atoms with E-state index in [1.165, 1.54) is 48.6 Å². The Labute approximate surface area is 299 Å². The smallest absolute Gasteiger partial charge is 0.188 e. The maximum Gasteiger partial charge on any atom is 0.188 e. The second kappa shape index (κ2) is 12.7. The van der Waals surface area contributed by atoms with E-state index in [0.717, 1.165) is 22.8 Å². The summed E-state index contributed by atoms with van der Waals surface area (Å²) >= 11 is 0. The summed E-state index contributed by atoms with van der Waals surface area (Å²) in [5, 5.41) is 39.5. The topological polar surface area (TPSA) is 172 Å². The summed E-state index contributed by atoms with van der Waals surface area (Å²) in [6.45, 7) is 8.36. The van der Waals surface area contributed by atoms with Gasteiger partial charge in [0.1, 0.15) is 23.0 Å². The molecule has 0 aliphatic carbocycles. The van der Waals surface area contributed by atoms with Gasteiger partial charge in [-0.2, -0.15) is 0 Å². The minimum absolute atomic E-state index is 0.107. The molecule has 10 heteroatoms. The molecule has 262 valence electrons. The van der Waals surface area contributed by atoms with E-state index in [2.05, 4.69) is 37.7 Å². The van der Waals surface area contributed by atoms with E-state index in [1.807, 2.05) is 24.3 Å². The van der Waals surface area contributed by atoms with Crippen molar-refractivity contribution < 1.29 is 30.0 Å². The van der Waals surface area contributed by atoms with Crippen molar-refractivity contribution >= 4 is 45.8 Å². The van der Waals surface area contributed by atoms with Crippen LogP contribution in [-0.4, -0.2) is 51.9 Å². The predicted molar refractivity (Wildman–Crippen MR) is 201 cm³/mol. The first-order valence-electron chi connectivity index (χ1n) is 16.9. The summed E-state index contributed by atoms with van der Waals surface area (Å²) in [6, 6.07) is 19.5. The van der Waals surface area contributed by atoms with Crippen molar-refractivity contribution in [3.8, 4) is 23.0 Å². The number of allylic oxidation sites excluding steroid dienone is 2. The number of rotatable bonds is 6. The molecule has 0 spiro atoms. The molecule has 6 N–H and O–H groups in total. The minimum atomic E-state index is -0.359. The van der Waals surface area contributed by atoms with Gasteiger partial charge >= 0.3 is 0 Å². The molecule has 7 rings (SSSR count). The van der Waals surface area contributed by atoms with Gasteiger partial charge in [-0.3, -0.25) is 19.6 Å². The van der Waals surface area contributed by atoms with E-state index in [0.29, 0.717) is 57.2 Å². The van der Waals surface area contributed by atoms with Crippen molar-refractivity contribution in [3.05, 3.63) is 130 Å². The van der Waals surface area contributed by atoms with E-state index < -0.39 is 0 Å². The number of aromatic amines is 2. The zero-order valence-electron chi connectivity index (χ0n) is 29.2. The zero-order valence-corrected chi connectivity index (χ0v) is 29.2. The summed E-state index contributed by atoms with van der Waals surface area (Å²) in [5.41, 5.74) is 6.82. The maximum atomic E-state index is 13.7. The lowest BCUT2D eigenvalue weighted by molar-refractivity contribution is 0.104. The highest BCUT2D eigenvalue weighted by Gasteiger charge is 2.30. The highest BCUT2D eigenvalue weighted by Crippen LogP contribution is 2.34. The van der Waals surface area contributed by atoms with Gasteiger partial charge in [-0.05, 0) is 83.9 Å². The Morgan fingerprint density at radius 1 is 0.558 bits per heavy atom. The summed E-state index contributed by atoms with van der Waals surface area (Å²) in [7, 11) is 0. The Morgan fingerprint density at radius 2 is 0.923 bits per heavy atom. The number of ketones is 2. The SMILES string of the molecule is CC1(C)Cc2cc3[nH]c(cc4nc(cc5[nH]c(cc1n2)cc5C(=O)/C=C/c1cc(O)cc(O)c1)CC4(C)C)cc3C(=O)/C=C/c1cc(O)cc(O)c1. The maximum absolute atomic E-state index is 13.7. The molecule has 0 fully saturated rings. The van der Waals surface area contributed by atoms with E-state index >= 15 is 0 Å². The van der Waals surface area contributed by atoms with Gasteiger partial charge in [-0.1, -0.05) is 39.8 Å². The van der Waals surface area contributed by atoms with Crippen LogP contribution < -0.4 is 0 Å². The summed E-state index contributed by atoms with van der Waals surface area (Å²) < 4.78 is 0. The fourth-order valence-corrected chi connectivity index (χ4v) is 6.75. The van der Waals surface area contributed by atoms with Crippen LogP contribution in [0.4, 0.5) is 0 Å². The van der Waals surface area contributed by atoms with Crippen LogP contribution in [-0.2, 0) is 23.7 Å². The number of phenolic OH excluding ortho intramolecular Hbond substituents is 4. The zero-order chi connectivity index (χ0) is 36.9. The Kier molecular flexibility index (Phi) is 8.33. The lowest BCUT2D eigenvalue weighted by Gasteiger charge is -2.15. The van der Waals surface area contributed by atoms with Gasteiger partial charge in [-0.15, -0.1) is 0 Å². The molecule has 2 aromatic carbocycles. The highest BCUT2D eigenvalue weighted by molar-refractivity contribution is 6.13. The van der Waals surface area contributed by atoms with Crippen molar-refractivity contribution in [2.75, 3.05) is 0 Å². The molecule has 0 radical (unpaired) electrons. The highest BCUT2D eigenvalue weighted by atomic mass is 16.3. The quantitative estimate of drug-likeness (QED) is 0.0767. The molecule has 0 amide bonds. The van der Waals surface area contributed by atoms with Gasteiger partial charge in [0.25, 0.3) is 0 Å². The van der Waals surface area contributed by atoms with Crippen LogP contribution in [0.25, 0.3) is 34.2 Å². The van der Waals surface area contributed by atoms with Crippen LogP contribution in [0.2, 0.25) is 0 Å². The molecular weight excluding hydrogens is 656 g/mol. The standard InChI is InChI=1S/C42H38N4O6/c1-41(2)21-27-15-35-34(38(52)8-6-24-11-31(49)20-32(50)12-24)14-26(44-35)18-40-42(3,4)22-28(46-40)16-36-33(13-25(43-36)17-39(41)45-27)37(51)7-5-23-9-29(47)19-30(48)10-23/h5-20,43-44,47-50H,21-22H2,1-4H3/b7-5+,8-6+,25-17?,26-18?,27-15?,28-16?,35-15?,36-16?,39-17?,40-18?. The van der Waals surface area contributed by atoms with Gasteiger partial charge in [0.2, 0.25) is 0 Å². The molecule has 5 aromatic rings. The number of hydrogen-bond acceptors (Lipinski definition) is 8. The van der Waals surface area contributed by atoms with E-state index in [-0.39, 0.29) is 45.4 Å². The van der Waals surface area contributed by atoms with Crippen molar-refractivity contribution in [1.82, 2.24) is 19.9 Å². The van der Waals surface area contributed by atoms with Gasteiger partial charge in [0.05, 0.1) is 11.0 Å². The fourth-order valence-electron chi connectivity index (χ4n) is 6.75. The van der Waals surface area contributed by atoms with E-state index in [4.69, 9.17) is 9.97 Å². The first-order valence-corrected chi connectivity index (χ1v) is 16.9. The van der Waals surface area contributed by atoms with Gasteiger partial charge in [-0.25, -0.2) is 0 Å². The number of nitrogens with one attached hydrogen (secondary N) is 2. The monoisotopic (exact) mass is 694 g/mol. The van der Waals surface area contributed by atoms with Crippen LogP contribution >= 0.6 is 0 Å². The second-order valence-electron chi connectivity index (χ2n) is 14.7. The number of fused-ring (bicyclic) bond motifs is 8. The molecule has 0 unspecified atom stereocenters. The Bertz CT molecular complexity index is 2300. The second-order valence-corrected chi connectivity index (χ2v) is 14.7. The normalized spacial score (nSPS) is 15.0. The molecule has 2 aliphatic heterocycles. The number of carbonyl (C=O) groups is 2. The molecule has 10 nitrogen and oxygen atoms in total. The third kappa shape index (κ3) is 7.09. The van der Waals surface area contributed by atoms with Crippen LogP contribution in [0, 0.1) is 0 Å². The fraction of sp³-hybridized carbons (Fsp3) is 0.190. The number of benzene rings is 2. The number of nitrogens with zero attached hydrogens (tertiary/aromatic N) is 2. The van der Waals surface area contributed by atoms with Crippen LogP contribution in [0.15, 0.2) is 84.9 Å². The van der Waals surface area contributed by atoms with Crippen molar-refractivity contribution in [1.29, 1.82) is 0 Å². The van der Waals surface area contributed by atoms with Crippen LogP contribution in [0.1, 0.15) is 82.3 Å². The third-order valence-electron chi connectivity index (χ3n) is 9.34. The minimum Gasteiger partial charge on any atom is -0.508 e. The first-order chi connectivity index (χ1) is 24.6. The molecule has 5 heterocycles. The molecule has 8 bridgehead atoms. The number of H-pyrrole nitrogens is 2. The Hall–Kier alpha value is -6.42. The lowest BCUT2D eigenvalue weighted by atomic mass is 9.87. The molecule has 2 aliphatic rings. The molecule has 3 aromatic heterocycles. The molecule has 0 atom stereocenters. The number of carbonyl (C=O) groups excluding carboxylic acids is 2. The summed E-state index contributed by atoms with van der Waals surface area (Å²) in [5.74, 6) is -0.963. The van der Waals surface area contributed by atoms with Gasteiger partial charge < -0.3 is 30.4 Å². The van der Waals surface area contributed by atoms with Gasteiger partial charge in [0.15, 0.2) is 11.6 Å². The van der Waals surface area contributed by atoms with Crippen LogP contribution in [0.3, 0.4) is 0 Å². The Morgan fingerprint density at radius 3 is 1.29 bits per heavy atom. The average molecular weight is 695 g/mol. The largest absolute Gasteiger partial charge is 0.508 e. The number of aromatic hydroxyl groups is 4. The number of hydrogen-bond donors (Lipinski definition) is 6. The first kappa shape index (κ1) is 34.0. The van der Waals surface area contributed by atoms with Gasteiger partial charge in [0, 0.05) is 80.7 Å².